The van der Waals surface area contributed by atoms with Crippen LogP contribution in [0.15, 0.2) is 6.33 Å². The van der Waals surface area contributed by atoms with E-state index in [9.17, 15) is 5.11 Å². The first-order chi connectivity index (χ1) is 8.70. The Bertz CT molecular complexity index is 572. The molecular weight excluding hydrogens is 238 g/mol. The van der Waals surface area contributed by atoms with Crippen LogP contribution in [0.5, 0.6) is 0 Å². The van der Waals surface area contributed by atoms with Gasteiger partial charge >= 0.3 is 0 Å². The number of imidazole rings is 1. The molecule has 0 spiro atoms. The normalized spacial score (nSPS) is 28.1. The van der Waals surface area contributed by atoms with Crippen molar-refractivity contribution in [1.29, 1.82) is 0 Å². The van der Waals surface area contributed by atoms with Gasteiger partial charge in [0.25, 0.3) is 0 Å². The lowest BCUT2D eigenvalue weighted by atomic mass is 10.2. The standard InChI is InChI=1S/C10H13N5O3/c1-5-9-10(13-14-12-5)15(4-11-9)8-2-6(17)7(3-16)18-8/h4,6-8,16-17H,2-3H2,1H3/t6?,7-,8-/m1/s1. The highest BCUT2D eigenvalue weighted by Gasteiger charge is 2.35. The van der Waals surface area contributed by atoms with Gasteiger partial charge in [-0.05, 0) is 12.1 Å². The predicted molar refractivity (Wildman–Crippen MR) is 59.5 cm³/mol. The number of aliphatic hydroxyl groups is 2. The van der Waals surface area contributed by atoms with Crippen LogP contribution in [0.2, 0.25) is 0 Å². The van der Waals surface area contributed by atoms with E-state index in [1.165, 1.54) is 0 Å². The van der Waals surface area contributed by atoms with Crippen molar-refractivity contribution in [3.05, 3.63) is 12.0 Å². The van der Waals surface area contributed by atoms with E-state index in [0.717, 1.165) is 0 Å². The Balaban J connectivity index is 1.99. The number of nitrogens with zero attached hydrogens (tertiary/aromatic N) is 5. The van der Waals surface area contributed by atoms with E-state index in [1.807, 2.05) is 0 Å². The van der Waals surface area contributed by atoms with Crippen molar-refractivity contribution < 1.29 is 14.9 Å². The maximum atomic E-state index is 9.72. The molecule has 8 nitrogen and oxygen atoms in total. The van der Waals surface area contributed by atoms with E-state index in [1.54, 1.807) is 17.8 Å². The molecule has 0 amide bonds. The number of aliphatic hydroxyl groups excluding tert-OH is 2. The van der Waals surface area contributed by atoms with Crippen LogP contribution in [0.3, 0.4) is 0 Å². The third kappa shape index (κ3) is 1.65. The maximum Gasteiger partial charge on any atom is 0.188 e. The smallest absolute Gasteiger partial charge is 0.188 e. The van der Waals surface area contributed by atoms with Gasteiger partial charge in [0.05, 0.1) is 24.7 Å². The highest BCUT2D eigenvalue weighted by Crippen LogP contribution is 2.30. The summed E-state index contributed by atoms with van der Waals surface area (Å²) >= 11 is 0. The summed E-state index contributed by atoms with van der Waals surface area (Å²) in [5, 5.41) is 30.2. The first kappa shape index (κ1) is 11.5. The van der Waals surface area contributed by atoms with Crippen LogP contribution in [0.4, 0.5) is 0 Å². The monoisotopic (exact) mass is 251 g/mol. The van der Waals surface area contributed by atoms with Gasteiger partial charge in [0.2, 0.25) is 0 Å². The molecule has 3 atom stereocenters. The summed E-state index contributed by atoms with van der Waals surface area (Å²) in [7, 11) is 0. The highest BCUT2D eigenvalue weighted by atomic mass is 16.5. The second-order valence-electron chi connectivity index (χ2n) is 4.31. The van der Waals surface area contributed by atoms with Crippen LogP contribution in [-0.4, -0.2) is 54.0 Å². The average molecular weight is 251 g/mol. The van der Waals surface area contributed by atoms with Crippen molar-refractivity contribution in [2.24, 2.45) is 0 Å². The van der Waals surface area contributed by atoms with Crippen molar-refractivity contribution in [2.45, 2.75) is 31.8 Å². The molecule has 0 aromatic carbocycles. The lowest BCUT2D eigenvalue weighted by molar-refractivity contribution is -0.0432. The average Bonchev–Trinajstić information content (AvgIpc) is 2.93. The number of hydrogen-bond acceptors (Lipinski definition) is 7. The van der Waals surface area contributed by atoms with Gasteiger partial charge in [0.1, 0.15) is 17.8 Å². The Morgan fingerprint density at radius 1 is 1.50 bits per heavy atom. The Hall–Kier alpha value is -1.64. The van der Waals surface area contributed by atoms with Crippen LogP contribution in [0.1, 0.15) is 18.3 Å². The summed E-state index contributed by atoms with van der Waals surface area (Å²) in [6.45, 7) is 1.59. The van der Waals surface area contributed by atoms with Crippen LogP contribution in [0.25, 0.3) is 11.2 Å². The van der Waals surface area contributed by atoms with Gasteiger partial charge in [-0.25, -0.2) is 4.98 Å². The molecule has 18 heavy (non-hydrogen) atoms. The number of fused-ring (bicyclic) bond motifs is 1. The van der Waals surface area contributed by atoms with Crippen molar-refractivity contribution in [2.75, 3.05) is 6.61 Å². The molecule has 0 bridgehead atoms. The van der Waals surface area contributed by atoms with Crippen molar-refractivity contribution >= 4 is 11.2 Å². The molecule has 3 heterocycles. The van der Waals surface area contributed by atoms with Crippen LogP contribution in [0, 0.1) is 6.92 Å². The SMILES string of the molecule is Cc1nnnc2c1ncn2[C@H]1CC(O)[C@@H](CO)O1. The van der Waals surface area contributed by atoms with E-state index >= 15 is 0 Å². The van der Waals surface area contributed by atoms with Crippen LogP contribution in [-0.2, 0) is 4.74 Å². The van der Waals surface area contributed by atoms with Gasteiger partial charge in [-0.15, -0.1) is 10.2 Å². The van der Waals surface area contributed by atoms with Crippen LogP contribution < -0.4 is 0 Å². The molecule has 8 heteroatoms. The fourth-order valence-electron chi connectivity index (χ4n) is 2.15. The molecule has 0 aliphatic carbocycles. The van der Waals surface area contributed by atoms with Gasteiger partial charge in [-0.1, -0.05) is 0 Å². The summed E-state index contributed by atoms with van der Waals surface area (Å²) in [5.41, 5.74) is 1.92. The molecule has 3 rings (SSSR count). The van der Waals surface area contributed by atoms with Gasteiger partial charge < -0.3 is 14.9 Å². The zero-order chi connectivity index (χ0) is 12.7. The molecule has 96 valence electrons. The minimum atomic E-state index is -0.687. The minimum absolute atomic E-state index is 0.212. The van der Waals surface area contributed by atoms with Gasteiger partial charge in [-0.3, -0.25) is 4.57 Å². The maximum absolute atomic E-state index is 9.72. The second kappa shape index (κ2) is 4.23. The van der Waals surface area contributed by atoms with E-state index < -0.39 is 18.4 Å². The number of ether oxygens (including phenoxy) is 1. The van der Waals surface area contributed by atoms with Gasteiger partial charge in [0, 0.05) is 6.42 Å². The Morgan fingerprint density at radius 3 is 3.06 bits per heavy atom. The molecule has 1 aliphatic rings. The third-order valence-corrected chi connectivity index (χ3v) is 3.14. The summed E-state index contributed by atoms with van der Waals surface area (Å²) in [6.07, 6.45) is 0.334. The minimum Gasteiger partial charge on any atom is -0.394 e. The molecule has 1 aliphatic heterocycles. The van der Waals surface area contributed by atoms with E-state index in [4.69, 9.17) is 9.84 Å². The number of hydrogen-bond donors (Lipinski definition) is 2. The predicted octanol–water partition coefficient (Wildman–Crippen LogP) is -0.830. The molecule has 2 aromatic rings. The number of aryl methyl sites for hydroxylation is 1. The molecular formula is C10H13N5O3. The first-order valence-electron chi connectivity index (χ1n) is 5.67. The Labute approximate surface area is 102 Å². The Kier molecular flexibility index (Phi) is 2.69. The lowest BCUT2D eigenvalue weighted by Crippen LogP contribution is -2.24. The zero-order valence-corrected chi connectivity index (χ0v) is 9.76. The molecule has 2 N–H and O–H groups in total. The van der Waals surface area contributed by atoms with E-state index in [2.05, 4.69) is 20.4 Å². The fraction of sp³-hybridized carbons (Fsp3) is 0.600. The first-order valence-corrected chi connectivity index (χ1v) is 5.67. The highest BCUT2D eigenvalue weighted by molar-refractivity contribution is 5.72. The molecule has 0 saturated carbocycles. The number of rotatable bonds is 2. The Morgan fingerprint density at radius 2 is 2.33 bits per heavy atom. The van der Waals surface area contributed by atoms with Crippen molar-refractivity contribution in [3.8, 4) is 0 Å². The lowest BCUT2D eigenvalue weighted by Gasteiger charge is -2.13. The number of aromatic nitrogens is 5. The molecule has 1 saturated heterocycles. The summed E-state index contributed by atoms with van der Waals surface area (Å²) in [5.74, 6) is 0. The third-order valence-electron chi connectivity index (χ3n) is 3.14. The van der Waals surface area contributed by atoms with E-state index in [-0.39, 0.29) is 6.61 Å². The quantitative estimate of drug-likeness (QED) is 0.717. The molecule has 2 aromatic heterocycles. The fourth-order valence-corrected chi connectivity index (χ4v) is 2.15. The molecule has 1 unspecified atom stereocenters. The second-order valence-corrected chi connectivity index (χ2v) is 4.31. The molecule has 0 radical (unpaired) electrons. The topological polar surface area (TPSA) is 106 Å². The summed E-state index contributed by atoms with van der Waals surface area (Å²) in [6, 6.07) is 0. The van der Waals surface area contributed by atoms with E-state index in [0.29, 0.717) is 23.3 Å². The molecule has 1 fully saturated rings. The summed E-state index contributed by atoms with van der Waals surface area (Å²) < 4.78 is 7.25. The van der Waals surface area contributed by atoms with Gasteiger partial charge in [-0.2, -0.15) is 0 Å². The van der Waals surface area contributed by atoms with Crippen molar-refractivity contribution in [3.63, 3.8) is 0 Å². The summed E-state index contributed by atoms with van der Waals surface area (Å²) in [4.78, 5) is 4.21. The van der Waals surface area contributed by atoms with Crippen LogP contribution >= 0.6 is 0 Å². The van der Waals surface area contributed by atoms with Crippen molar-refractivity contribution in [1.82, 2.24) is 25.0 Å². The van der Waals surface area contributed by atoms with Gasteiger partial charge in [0.15, 0.2) is 5.65 Å². The zero-order valence-electron chi connectivity index (χ0n) is 9.76. The largest absolute Gasteiger partial charge is 0.394 e.